The molecule has 0 spiro atoms. The van der Waals surface area contributed by atoms with Crippen molar-refractivity contribution in [2.24, 2.45) is 0 Å². The van der Waals surface area contributed by atoms with Gasteiger partial charge in [0.15, 0.2) is 16.8 Å². The molecular weight excluding hydrogens is 380 g/mol. The van der Waals surface area contributed by atoms with E-state index in [1.54, 1.807) is 35.6 Å². The van der Waals surface area contributed by atoms with Crippen molar-refractivity contribution in [3.05, 3.63) is 47.3 Å². The Kier molecular flexibility index (Phi) is 6.08. The third-order valence-corrected chi connectivity index (χ3v) is 5.91. The van der Waals surface area contributed by atoms with Gasteiger partial charge >= 0.3 is 0 Å². The van der Waals surface area contributed by atoms with E-state index in [2.05, 4.69) is 15.5 Å². The van der Waals surface area contributed by atoms with Crippen LogP contribution in [0.2, 0.25) is 0 Å². The zero-order valence-electron chi connectivity index (χ0n) is 15.3. The summed E-state index contributed by atoms with van der Waals surface area (Å²) in [5.41, 5.74) is 1.18. The highest BCUT2D eigenvalue weighted by molar-refractivity contribution is 8.00. The van der Waals surface area contributed by atoms with Crippen LogP contribution < -0.4 is 5.32 Å². The highest BCUT2D eigenvalue weighted by Gasteiger charge is 2.21. The van der Waals surface area contributed by atoms with Gasteiger partial charge in [0.25, 0.3) is 0 Å². The average Bonchev–Trinajstić information content (AvgIpc) is 3.31. The van der Waals surface area contributed by atoms with Crippen LogP contribution in [0.25, 0.3) is 10.7 Å². The summed E-state index contributed by atoms with van der Waals surface area (Å²) in [4.78, 5) is 25.1. The SMILES string of the molecule is CCn1c(SC(C)C(=O)Nc2cccc(C(C)=O)c2)nnc1-c1cccs1. The first-order valence-electron chi connectivity index (χ1n) is 8.55. The topological polar surface area (TPSA) is 76.9 Å². The van der Waals surface area contributed by atoms with E-state index in [-0.39, 0.29) is 16.9 Å². The van der Waals surface area contributed by atoms with Gasteiger partial charge < -0.3 is 9.88 Å². The lowest BCUT2D eigenvalue weighted by Crippen LogP contribution is -2.23. The van der Waals surface area contributed by atoms with Crippen molar-refractivity contribution >= 4 is 40.5 Å². The molecule has 3 rings (SSSR count). The first kappa shape index (κ1) is 19.3. The van der Waals surface area contributed by atoms with Crippen molar-refractivity contribution < 1.29 is 9.59 Å². The Morgan fingerprint density at radius 3 is 2.74 bits per heavy atom. The number of ketones is 1. The van der Waals surface area contributed by atoms with Gasteiger partial charge in [0.2, 0.25) is 5.91 Å². The number of hydrogen-bond donors (Lipinski definition) is 1. The Bertz CT molecular complexity index is 951. The number of anilines is 1. The molecule has 27 heavy (non-hydrogen) atoms. The van der Waals surface area contributed by atoms with Crippen LogP contribution in [0.3, 0.4) is 0 Å². The maximum atomic E-state index is 12.6. The molecule has 0 aliphatic heterocycles. The maximum Gasteiger partial charge on any atom is 0.237 e. The van der Waals surface area contributed by atoms with E-state index in [4.69, 9.17) is 0 Å². The Labute approximate surface area is 166 Å². The molecule has 6 nitrogen and oxygen atoms in total. The van der Waals surface area contributed by atoms with Crippen LogP contribution in [0.4, 0.5) is 5.69 Å². The summed E-state index contributed by atoms with van der Waals surface area (Å²) in [6, 6.07) is 10.9. The molecule has 1 atom stereocenters. The van der Waals surface area contributed by atoms with Gasteiger partial charge in [-0.3, -0.25) is 9.59 Å². The van der Waals surface area contributed by atoms with E-state index in [9.17, 15) is 9.59 Å². The van der Waals surface area contributed by atoms with E-state index < -0.39 is 0 Å². The van der Waals surface area contributed by atoms with Crippen LogP contribution in [-0.2, 0) is 11.3 Å². The van der Waals surface area contributed by atoms with Crippen molar-refractivity contribution in [1.29, 1.82) is 0 Å². The quantitative estimate of drug-likeness (QED) is 0.471. The number of carbonyl (C=O) groups excluding carboxylic acids is 2. The molecule has 0 saturated heterocycles. The minimum Gasteiger partial charge on any atom is -0.325 e. The highest BCUT2D eigenvalue weighted by Crippen LogP contribution is 2.29. The lowest BCUT2D eigenvalue weighted by Gasteiger charge is -2.13. The van der Waals surface area contributed by atoms with Gasteiger partial charge in [-0.15, -0.1) is 21.5 Å². The Morgan fingerprint density at radius 2 is 2.07 bits per heavy atom. The second-order valence-corrected chi connectivity index (χ2v) is 8.17. The van der Waals surface area contributed by atoms with E-state index in [1.807, 2.05) is 35.9 Å². The van der Waals surface area contributed by atoms with Crippen LogP contribution in [0, 0.1) is 0 Å². The van der Waals surface area contributed by atoms with Gasteiger partial charge in [0.1, 0.15) is 0 Å². The van der Waals surface area contributed by atoms with Crippen molar-refractivity contribution in [3.8, 4) is 10.7 Å². The monoisotopic (exact) mass is 400 g/mol. The second-order valence-electron chi connectivity index (χ2n) is 5.91. The highest BCUT2D eigenvalue weighted by atomic mass is 32.2. The summed E-state index contributed by atoms with van der Waals surface area (Å²) >= 11 is 2.98. The molecule has 0 aliphatic rings. The molecule has 2 aromatic heterocycles. The molecular formula is C19H20N4O2S2. The number of thioether (sulfide) groups is 1. The fourth-order valence-corrected chi connectivity index (χ4v) is 4.15. The van der Waals surface area contributed by atoms with Gasteiger partial charge in [-0.05, 0) is 44.4 Å². The van der Waals surface area contributed by atoms with E-state index in [0.717, 1.165) is 17.2 Å². The summed E-state index contributed by atoms with van der Waals surface area (Å²) in [5, 5.41) is 13.8. The number of benzene rings is 1. The van der Waals surface area contributed by atoms with E-state index >= 15 is 0 Å². The van der Waals surface area contributed by atoms with Crippen molar-refractivity contribution in [1.82, 2.24) is 14.8 Å². The number of carbonyl (C=O) groups is 2. The number of nitrogens with one attached hydrogen (secondary N) is 1. The molecule has 0 saturated carbocycles. The largest absolute Gasteiger partial charge is 0.325 e. The van der Waals surface area contributed by atoms with Crippen LogP contribution in [-0.4, -0.2) is 31.7 Å². The van der Waals surface area contributed by atoms with Crippen molar-refractivity contribution in [3.63, 3.8) is 0 Å². The fourth-order valence-electron chi connectivity index (χ4n) is 2.52. The standard InChI is InChI=1S/C19H20N4O2S2/c1-4-23-17(16-9-6-10-26-16)21-22-19(23)27-13(3)18(25)20-15-8-5-7-14(11-15)12(2)24/h5-11,13H,4H2,1-3H3,(H,20,25). The number of Topliss-reactive ketones (excluding diaryl/α,β-unsaturated/α-hetero) is 1. The molecule has 0 fully saturated rings. The first-order valence-corrected chi connectivity index (χ1v) is 10.3. The number of aromatic nitrogens is 3. The van der Waals surface area contributed by atoms with Gasteiger partial charge in [0.05, 0.1) is 10.1 Å². The van der Waals surface area contributed by atoms with Gasteiger partial charge in [-0.2, -0.15) is 0 Å². The van der Waals surface area contributed by atoms with Crippen molar-refractivity contribution in [2.45, 2.75) is 37.7 Å². The smallest absolute Gasteiger partial charge is 0.237 e. The second kappa shape index (κ2) is 8.49. The molecule has 0 bridgehead atoms. The lowest BCUT2D eigenvalue weighted by molar-refractivity contribution is -0.115. The Hall–Kier alpha value is -2.45. The predicted octanol–water partition coefficient (Wildman–Crippen LogP) is 4.35. The zero-order chi connectivity index (χ0) is 19.4. The molecule has 1 unspecified atom stereocenters. The Morgan fingerprint density at radius 1 is 1.26 bits per heavy atom. The molecule has 0 radical (unpaired) electrons. The molecule has 8 heteroatoms. The average molecular weight is 401 g/mol. The zero-order valence-corrected chi connectivity index (χ0v) is 16.9. The van der Waals surface area contributed by atoms with Crippen LogP contribution in [0.1, 0.15) is 31.1 Å². The summed E-state index contributed by atoms with van der Waals surface area (Å²) in [7, 11) is 0. The van der Waals surface area contributed by atoms with E-state index in [0.29, 0.717) is 16.4 Å². The molecule has 1 N–H and O–H groups in total. The first-order chi connectivity index (χ1) is 13.0. The molecule has 0 aliphatic carbocycles. The number of thiophene rings is 1. The molecule has 2 heterocycles. The third kappa shape index (κ3) is 4.45. The lowest BCUT2D eigenvalue weighted by atomic mass is 10.1. The number of amides is 1. The molecule has 3 aromatic rings. The fraction of sp³-hybridized carbons (Fsp3) is 0.263. The van der Waals surface area contributed by atoms with Gasteiger partial charge in [0, 0.05) is 17.8 Å². The van der Waals surface area contributed by atoms with Gasteiger partial charge in [-0.1, -0.05) is 30.0 Å². The predicted molar refractivity (Wildman–Crippen MR) is 109 cm³/mol. The van der Waals surface area contributed by atoms with E-state index in [1.165, 1.54) is 18.7 Å². The number of nitrogens with zero attached hydrogens (tertiary/aromatic N) is 3. The summed E-state index contributed by atoms with van der Waals surface area (Å²) in [6.07, 6.45) is 0. The molecule has 140 valence electrons. The van der Waals surface area contributed by atoms with Crippen molar-refractivity contribution in [2.75, 3.05) is 5.32 Å². The third-order valence-electron chi connectivity index (χ3n) is 3.96. The summed E-state index contributed by atoms with van der Waals surface area (Å²) < 4.78 is 2.01. The van der Waals surface area contributed by atoms with Crippen LogP contribution in [0.5, 0.6) is 0 Å². The normalized spacial score (nSPS) is 12.0. The number of hydrogen-bond acceptors (Lipinski definition) is 6. The molecule has 1 aromatic carbocycles. The maximum absolute atomic E-state index is 12.6. The summed E-state index contributed by atoms with van der Waals surface area (Å²) in [6.45, 7) is 6.08. The van der Waals surface area contributed by atoms with Gasteiger partial charge in [-0.25, -0.2) is 0 Å². The number of rotatable bonds is 7. The Balaban J connectivity index is 1.72. The minimum absolute atomic E-state index is 0.0364. The minimum atomic E-state index is -0.364. The van der Waals surface area contributed by atoms with Crippen LogP contribution >= 0.6 is 23.1 Å². The summed E-state index contributed by atoms with van der Waals surface area (Å²) in [5.74, 6) is 0.631. The van der Waals surface area contributed by atoms with Crippen LogP contribution in [0.15, 0.2) is 46.9 Å². The molecule has 1 amide bonds.